The molecule has 0 N–H and O–H groups in total. The third kappa shape index (κ3) is 10.4. The third-order valence-electron chi connectivity index (χ3n) is 4.93. The van der Waals surface area contributed by atoms with Gasteiger partial charge in [0.1, 0.15) is 0 Å². The van der Waals surface area contributed by atoms with Crippen molar-refractivity contribution in [2.75, 3.05) is 59.4 Å². The Hall–Kier alpha value is -0.120. The average molecular weight is 328 g/mol. The molecule has 2 fully saturated rings. The van der Waals surface area contributed by atoms with Crippen molar-refractivity contribution in [2.24, 2.45) is 5.92 Å². The van der Waals surface area contributed by atoms with E-state index in [1.165, 1.54) is 84.5 Å². The van der Waals surface area contributed by atoms with Gasteiger partial charge in [-0.1, -0.05) is 34.6 Å². The second kappa shape index (κ2) is 15.4. The van der Waals surface area contributed by atoms with E-state index in [0.29, 0.717) is 0 Å². The van der Waals surface area contributed by atoms with Gasteiger partial charge in [-0.3, -0.25) is 0 Å². The molecule has 0 aliphatic carbocycles. The van der Waals surface area contributed by atoms with Crippen LogP contribution in [0, 0.1) is 5.92 Å². The quantitative estimate of drug-likeness (QED) is 0.724. The predicted octanol–water partition coefficient (Wildman–Crippen LogP) is 4.19. The fourth-order valence-corrected chi connectivity index (χ4v) is 3.49. The van der Waals surface area contributed by atoms with Gasteiger partial charge in [0.05, 0.1) is 0 Å². The van der Waals surface area contributed by atoms with Crippen molar-refractivity contribution in [3.8, 4) is 0 Å². The molecule has 23 heavy (non-hydrogen) atoms. The molecule has 3 nitrogen and oxygen atoms in total. The van der Waals surface area contributed by atoms with E-state index in [0.717, 1.165) is 5.92 Å². The Labute approximate surface area is 147 Å². The minimum Gasteiger partial charge on any atom is -0.304 e. The van der Waals surface area contributed by atoms with Gasteiger partial charge in [0, 0.05) is 26.2 Å². The van der Waals surface area contributed by atoms with E-state index in [1.807, 2.05) is 27.7 Å². The first kappa shape index (κ1) is 22.9. The average Bonchev–Trinajstić information content (AvgIpc) is 2.62. The van der Waals surface area contributed by atoms with Gasteiger partial charge in [0.15, 0.2) is 0 Å². The Morgan fingerprint density at radius 3 is 1.78 bits per heavy atom. The van der Waals surface area contributed by atoms with Crippen LogP contribution in [0.4, 0.5) is 0 Å². The lowest BCUT2D eigenvalue weighted by atomic mass is 9.92. The van der Waals surface area contributed by atoms with Gasteiger partial charge in [-0.2, -0.15) is 0 Å². The molecule has 2 aliphatic rings. The Kier molecular flexibility index (Phi) is 15.3. The maximum Gasteiger partial charge on any atom is 0.0110 e. The molecule has 2 heterocycles. The van der Waals surface area contributed by atoms with Crippen molar-refractivity contribution >= 4 is 0 Å². The van der Waals surface area contributed by atoms with Crippen LogP contribution < -0.4 is 0 Å². The van der Waals surface area contributed by atoms with Gasteiger partial charge in [0.25, 0.3) is 0 Å². The number of nitrogens with zero attached hydrogens (tertiary/aromatic N) is 3. The molecule has 0 aromatic carbocycles. The Bertz CT molecular complexity index is 229. The minimum atomic E-state index is 1.01. The van der Waals surface area contributed by atoms with Crippen LogP contribution in [0.2, 0.25) is 0 Å². The van der Waals surface area contributed by atoms with E-state index in [2.05, 4.69) is 28.7 Å². The topological polar surface area (TPSA) is 9.72 Å². The summed E-state index contributed by atoms with van der Waals surface area (Å²) in [6.45, 7) is 20.7. The van der Waals surface area contributed by atoms with Gasteiger partial charge in [-0.25, -0.2) is 0 Å². The van der Waals surface area contributed by atoms with Crippen LogP contribution in [0.25, 0.3) is 0 Å². The Balaban J connectivity index is 0.00000112. The first-order chi connectivity index (χ1) is 11.3. The fraction of sp³-hybridized carbons (Fsp3) is 1.00. The van der Waals surface area contributed by atoms with E-state index in [1.54, 1.807) is 0 Å². The summed E-state index contributed by atoms with van der Waals surface area (Å²) in [5.74, 6) is 1.01. The largest absolute Gasteiger partial charge is 0.304 e. The van der Waals surface area contributed by atoms with E-state index in [-0.39, 0.29) is 0 Å². The van der Waals surface area contributed by atoms with E-state index < -0.39 is 0 Å². The highest BCUT2D eigenvalue weighted by molar-refractivity contribution is 4.74. The minimum absolute atomic E-state index is 1.01. The first-order valence-electron chi connectivity index (χ1n) is 10.4. The normalized spacial score (nSPS) is 21.1. The van der Waals surface area contributed by atoms with Gasteiger partial charge in [-0.05, 0) is 71.2 Å². The van der Waals surface area contributed by atoms with Gasteiger partial charge in [-0.15, -0.1) is 0 Å². The summed E-state index contributed by atoms with van der Waals surface area (Å²) >= 11 is 0. The van der Waals surface area contributed by atoms with Crippen LogP contribution in [-0.2, 0) is 0 Å². The number of hydrogen-bond acceptors (Lipinski definition) is 3. The van der Waals surface area contributed by atoms with Crippen molar-refractivity contribution in [3.63, 3.8) is 0 Å². The molecule has 0 aromatic rings. The molecule has 0 atom stereocenters. The fourth-order valence-electron chi connectivity index (χ4n) is 3.49. The zero-order valence-electron chi connectivity index (χ0n) is 17.1. The molecule has 0 spiro atoms. The molecule has 2 saturated heterocycles. The lowest BCUT2D eigenvalue weighted by Crippen LogP contribution is -2.44. The van der Waals surface area contributed by atoms with Crippen molar-refractivity contribution in [2.45, 2.75) is 66.7 Å². The second-order valence-corrected chi connectivity index (χ2v) is 6.57. The van der Waals surface area contributed by atoms with Crippen LogP contribution in [0.1, 0.15) is 66.7 Å². The maximum atomic E-state index is 2.66. The summed E-state index contributed by atoms with van der Waals surface area (Å²) in [5, 5.41) is 0. The molecule has 0 saturated carbocycles. The number of likely N-dealkylation sites (tertiary alicyclic amines) is 1. The third-order valence-corrected chi connectivity index (χ3v) is 4.93. The number of rotatable bonds is 6. The zero-order chi connectivity index (χ0) is 17.5. The molecule has 2 rings (SSSR count). The molecule has 2 aliphatic heterocycles. The van der Waals surface area contributed by atoms with Crippen LogP contribution in [-0.4, -0.2) is 74.1 Å². The summed E-state index contributed by atoms with van der Waals surface area (Å²) in [4.78, 5) is 7.75. The molecule has 0 bridgehead atoms. The van der Waals surface area contributed by atoms with Gasteiger partial charge in [0.2, 0.25) is 0 Å². The summed E-state index contributed by atoms with van der Waals surface area (Å²) < 4.78 is 0. The molecule has 3 heteroatoms. The zero-order valence-corrected chi connectivity index (χ0v) is 17.1. The van der Waals surface area contributed by atoms with Gasteiger partial charge >= 0.3 is 0 Å². The Morgan fingerprint density at radius 1 is 0.739 bits per heavy atom. The molecular formula is C20H45N3. The standard InChI is InChI=1S/C16H33N3.2C2H6/c1-3-8-18-10-6-16(7-11-18)5-4-9-19-14-12-17(2)13-15-19;2*1-2/h16H,3-15H2,1-2H3;2*1-2H3. The van der Waals surface area contributed by atoms with E-state index >= 15 is 0 Å². The monoisotopic (exact) mass is 327 g/mol. The summed E-state index contributed by atoms with van der Waals surface area (Å²) in [6.07, 6.45) is 7.09. The van der Waals surface area contributed by atoms with Crippen molar-refractivity contribution in [1.82, 2.24) is 14.7 Å². The summed E-state index contributed by atoms with van der Waals surface area (Å²) in [5.41, 5.74) is 0. The molecule has 0 amide bonds. The lowest BCUT2D eigenvalue weighted by molar-refractivity contribution is 0.142. The second-order valence-electron chi connectivity index (χ2n) is 6.57. The maximum absolute atomic E-state index is 2.66. The highest BCUT2D eigenvalue weighted by atomic mass is 15.2. The number of hydrogen-bond donors (Lipinski definition) is 0. The number of likely N-dealkylation sites (N-methyl/N-ethyl adjacent to an activating group) is 1. The molecule has 0 aromatic heterocycles. The van der Waals surface area contributed by atoms with Crippen LogP contribution in [0.3, 0.4) is 0 Å². The van der Waals surface area contributed by atoms with Crippen molar-refractivity contribution in [1.29, 1.82) is 0 Å². The smallest absolute Gasteiger partial charge is 0.0110 e. The van der Waals surface area contributed by atoms with Crippen molar-refractivity contribution in [3.05, 3.63) is 0 Å². The lowest BCUT2D eigenvalue weighted by Gasteiger charge is -2.34. The predicted molar refractivity (Wildman–Crippen MR) is 105 cm³/mol. The van der Waals surface area contributed by atoms with Crippen LogP contribution in [0.5, 0.6) is 0 Å². The molecular weight excluding hydrogens is 282 g/mol. The summed E-state index contributed by atoms with van der Waals surface area (Å²) in [6, 6.07) is 0. The molecule has 0 radical (unpaired) electrons. The summed E-state index contributed by atoms with van der Waals surface area (Å²) in [7, 11) is 2.24. The first-order valence-corrected chi connectivity index (χ1v) is 10.4. The Morgan fingerprint density at radius 2 is 1.26 bits per heavy atom. The van der Waals surface area contributed by atoms with E-state index in [9.17, 15) is 0 Å². The van der Waals surface area contributed by atoms with Gasteiger partial charge < -0.3 is 14.7 Å². The highest BCUT2D eigenvalue weighted by Crippen LogP contribution is 2.22. The van der Waals surface area contributed by atoms with Crippen molar-refractivity contribution < 1.29 is 0 Å². The number of piperazine rings is 1. The molecule has 0 unspecified atom stereocenters. The number of piperidine rings is 1. The SMILES string of the molecule is CC.CC.CCCN1CCC(CCCN2CCN(C)CC2)CC1. The van der Waals surface area contributed by atoms with E-state index in [4.69, 9.17) is 0 Å². The van der Waals surface area contributed by atoms with Crippen LogP contribution in [0.15, 0.2) is 0 Å². The molecule has 140 valence electrons. The highest BCUT2D eigenvalue weighted by Gasteiger charge is 2.19. The van der Waals surface area contributed by atoms with Crippen LogP contribution >= 0.6 is 0 Å².